The number of hydrogen-bond acceptors (Lipinski definition) is 7. The van der Waals surface area contributed by atoms with Crippen LogP contribution in [0.2, 0.25) is 0 Å². The third-order valence-electron chi connectivity index (χ3n) is 6.22. The quantitative estimate of drug-likeness (QED) is 0.602. The summed E-state index contributed by atoms with van der Waals surface area (Å²) in [6, 6.07) is 3.36. The lowest BCUT2D eigenvalue weighted by atomic mass is 9.82. The van der Waals surface area contributed by atoms with Crippen molar-refractivity contribution in [2.24, 2.45) is 22.2 Å². The molecule has 1 aromatic carbocycles. The first-order valence-corrected chi connectivity index (χ1v) is 14.5. The van der Waals surface area contributed by atoms with Crippen LogP contribution in [0.3, 0.4) is 0 Å². The van der Waals surface area contributed by atoms with Gasteiger partial charge in [0.25, 0.3) is 0 Å². The standard InChI is InChI=1S/C22H29N3O6S2/c1-22(2,3)20-19(26)18(21(27)25(20)10-9-13-5-6-13)16-12-33(30,31)17-11-14(24-32(4,28)29)7-8-15(17)23-16/h7-8,11,13,18,20,24H,5-6,9-10,12H2,1-4H3. The van der Waals surface area contributed by atoms with Crippen LogP contribution in [0.1, 0.15) is 40.0 Å². The molecule has 1 N–H and O–H groups in total. The Kier molecular flexibility index (Phi) is 5.72. The Hall–Kier alpha value is -2.27. The van der Waals surface area contributed by atoms with Gasteiger partial charge >= 0.3 is 0 Å². The average molecular weight is 496 g/mol. The van der Waals surface area contributed by atoms with Crippen LogP contribution in [0.15, 0.2) is 28.1 Å². The predicted molar refractivity (Wildman–Crippen MR) is 125 cm³/mol. The van der Waals surface area contributed by atoms with E-state index in [0.29, 0.717) is 12.5 Å². The fourth-order valence-electron chi connectivity index (χ4n) is 4.64. The number of anilines is 1. The lowest BCUT2D eigenvalue weighted by Crippen LogP contribution is -2.45. The summed E-state index contributed by atoms with van der Waals surface area (Å²) in [5, 5.41) is 0. The number of fused-ring (bicyclic) bond motifs is 1. The summed E-state index contributed by atoms with van der Waals surface area (Å²) >= 11 is 0. The molecular formula is C22H29N3O6S2. The maximum atomic E-state index is 13.5. The number of likely N-dealkylation sites (tertiary alicyclic amines) is 1. The third-order valence-corrected chi connectivity index (χ3v) is 8.50. The van der Waals surface area contributed by atoms with Crippen molar-refractivity contribution < 1.29 is 26.4 Å². The first kappa shape index (κ1) is 23.9. The van der Waals surface area contributed by atoms with Crippen molar-refractivity contribution >= 4 is 48.6 Å². The highest BCUT2D eigenvalue weighted by molar-refractivity contribution is 7.92. The van der Waals surface area contributed by atoms with E-state index in [1.807, 2.05) is 20.8 Å². The van der Waals surface area contributed by atoms with E-state index in [1.54, 1.807) is 4.90 Å². The first-order valence-electron chi connectivity index (χ1n) is 10.9. The van der Waals surface area contributed by atoms with Gasteiger partial charge in [0.1, 0.15) is 5.92 Å². The number of benzene rings is 1. The molecule has 1 saturated carbocycles. The van der Waals surface area contributed by atoms with Crippen LogP contribution in [0.25, 0.3) is 0 Å². The zero-order valence-electron chi connectivity index (χ0n) is 19.2. The summed E-state index contributed by atoms with van der Waals surface area (Å²) in [6.07, 6.45) is 4.08. The van der Waals surface area contributed by atoms with E-state index in [-0.39, 0.29) is 33.7 Å². The second-order valence-electron chi connectivity index (χ2n) is 10.3. The van der Waals surface area contributed by atoms with Crippen molar-refractivity contribution in [3.63, 3.8) is 0 Å². The number of nitrogens with one attached hydrogen (secondary N) is 1. The van der Waals surface area contributed by atoms with Crippen LogP contribution in [0.5, 0.6) is 0 Å². The van der Waals surface area contributed by atoms with Crippen molar-refractivity contribution in [3.05, 3.63) is 18.2 Å². The van der Waals surface area contributed by atoms with Gasteiger partial charge in [0.2, 0.25) is 15.9 Å². The fraction of sp³-hybridized carbons (Fsp3) is 0.591. The number of Topliss-reactive ketones (excluding diaryl/α,β-unsaturated/α-hetero) is 1. The van der Waals surface area contributed by atoms with Gasteiger partial charge in [-0.1, -0.05) is 33.6 Å². The second kappa shape index (κ2) is 7.90. The number of amides is 1. The first-order chi connectivity index (χ1) is 15.2. The topological polar surface area (TPSA) is 130 Å². The Balaban J connectivity index is 1.71. The zero-order valence-corrected chi connectivity index (χ0v) is 20.8. The number of sulfonamides is 1. The lowest BCUT2D eigenvalue weighted by Gasteiger charge is -2.33. The molecular weight excluding hydrogens is 466 g/mol. The largest absolute Gasteiger partial charge is 0.331 e. The third kappa shape index (κ3) is 4.84. The van der Waals surface area contributed by atoms with Crippen LogP contribution in [-0.4, -0.2) is 63.7 Å². The molecule has 33 heavy (non-hydrogen) atoms. The number of rotatable bonds is 6. The molecule has 1 saturated heterocycles. The van der Waals surface area contributed by atoms with Crippen LogP contribution in [0.4, 0.5) is 11.4 Å². The molecule has 4 rings (SSSR count). The van der Waals surface area contributed by atoms with Gasteiger partial charge < -0.3 is 4.90 Å². The van der Waals surface area contributed by atoms with Gasteiger partial charge in [-0.2, -0.15) is 0 Å². The zero-order chi connectivity index (χ0) is 24.3. The van der Waals surface area contributed by atoms with E-state index < -0.39 is 43.0 Å². The van der Waals surface area contributed by atoms with E-state index in [9.17, 15) is 26.4 Å². The Bertz CT molecular complexity index is 1260. The average Bonchev–Trinajstić information content (AvgIpc) is 3.43. The van der Waals surface area contributed by atoms with Gasteiger partial charge in [0.05, 0.1) is 34.3 Å². The van der Waals surface area contributed by atoms with E-state index in [4.69, 9.17) is 0 Å². The molecule has 2 unspecified atom stereocenters. The van der Waals surface area contributed by atoms with E-state index in [0.717, 1.165) is 25.5 Å². The second-order valence-corrected chi connectivity index (χ2v) is 14.0. The molecule has 1 aromatic rings. The normalized spacial score (nSPS) is 25.1. The molecule has 0 bridgehead atoms. The minimum Gasteiger partial charge on any atom is -0.331 e. The molecule has 0 spiro atoms. The summed E-state index contributed by atoms with van der Waals surface area (Å²) in [4.78, 5) is 32.7. The molecule has 1 amide bonds. The van der Waals surface area contributed by atoms with Crippen molar-refractivity contribution in [2.45, 2.75) is 51.0 Å². The number of carbonyl (C=O) groups excluding carboxylic acids is 2. The number of nitrogens with zero attached hydrogens (tertiary/aromatic N) is 2. The molecule has 0 aromatic heterocycles. The van der Waals surface area contributed by atoms with Gasteiger partial charge in [-0.25, -0.2) is 16.8 Å². The number of sulfone groups is 1. The number of ketones is 1. The summed E-state index contributed by atoms with van der Waals surface area (Å²) in [5.74, 6) is -1.88. The molecule has 3 aliphatic rings. The minimum absolute atomic E-state index is 0.0319. The highest BCUT2D eigenvalue weighted by Gasteiger charge is 2.54. The Morgan fingerprint density at radius 3 is 2.42 bits per heavy atom. The van der Waals surface area contributed by atoms with Crippen LogP contribution >= 0.6 is 0 Å². The number of aliphatic imine (C=N–C) groups is 1. The van der Waals surface area contributed by atoms with Gasteiger partial charge in [-0.05, 0) is 36.0 Å². The van der Waals surface area contributed by atoms with Crippen molar-refractivity contribution in [1.82, 2.24) is 4.90 Å². The lowest BCUT2D eigenvalue weighted by molar-refractivity contribution is -0.131. The van der Waals surface area contributed by atoms with Gasteiger partial charge in [-0.3, -0.25) is 19.3 Å². The summed E-state index contributed by atoms with van der Waals surface area (Å²) in [6.45, 7) is 6.19. The SMILES string of the molecule is CC(C)(C)C1C(=O)C(C2=Nc3ccc(NS(C)(=O)=O)cc3S(=O)(=O)C2)C(=O)N1CCC1CC1. The maximum Gasteiger partial charge on any atom is 0.239 e. The molecule has 2 aliphatic heterocycles. The summed E-state index contributed by atoms with van der Waals surface area (Å²) in [7, 11) is -7.52. The molecule has 2 atom stereocenters. The Labute approximate surface area is 194 Å². The van der Waals surface area contributed by atoms with Crippen LogP contribution < -0.4 is 4.72 Å². The van der Waals surface area contributed by atoms with E-state index >= 15 is 0 Å². The highest BCUT2D eigenvalue weighted by Crippen LogP contribution is 2.40. The van der Waals surface area contributed by atoms with Crippen molar-refractivity contribution in [3.8, 4) is 0 Å². The van der Waals surface area contributed by atoms with E-state index in [1.165, 1.54) is 18.2 Å². The molecule has 180 valence electrons. The number of hydrogen-bond donors (Lipinski definition) is 1. The molecule has 1 aliphatic carbocycles. The van der Waals surface area contributed by atoms with Gasteiger partial charge in [0.15, 0.2) is 15.6 Å². The summed E-state index contributed by atoms with van der Waals surface area (Å²) in [5.41, 5.74) is -0.266. The van der Waals surface area contributed by atoms with Crippen LogP contribution in [-0.2, 0) is 29.4 Å². The Morgan fingerprint density at radius 2 is 1.85 bits per heavy atom. The fourth-order valence-corrected chi connectivity index (χ4v) is 6.71. The molecule has 11 heteroatoms. The smallest absolute Gasteiger partial charge is 0.239 e. The molecule has 2 fully saturated rings. The van der Waals surface area contributed by atoms with Crippen LogP contribution in [0, 0.1) is 17.3 Å². The van der Waals surface area contributed by atoms with Gasteiger partial charge in [0, 0.05) is 12.2 Å². The molecule has 9 nitrogen and oxygen atoms in total. The maximum absolute atomic E-state index is 13.5. The molecule has 0 radical (unpaired) electrons. The Morgan fingerprint density at radius 1 is 1.18 bits per heavy atom. The number of carbonyl (C=O) groups is 2. The minimum atomic E-state index is -3.93. The van der Waals surface area contributed by atoms with Crippen molar-refractivity contribution in [2.75, 3.05) is 23.3 Å². The monoisotopic (exact) mass is 495 g/mol. The van der Waals surface area contributed by atoms with E-state index in [2.05, 4.69) is 9.71 Å². The van der Waals surface area contributed by atoms with Gasteiger partial charge in [-0.15, -0.1) is 0 Å². The van der Waals surface area contributed by atoms with Crippen molar-refractivity contribution in [1.29, 1.82) is 0 Å². The predicted octanol–water partition coefficient (Wildman–Crippen LogP) is 2.16. The summed E-state index contributed by atoms with van der Waals surface area (Å²) < 4.78 is 51.4. The molecule has 2 heterocycles. The highest BCUT2D eigenvalue weighted by atomic mass is 32.2.